The molecule has 0 aliphatic heterocycles. The van der Waals surface area contributed by atoms with Gasteiger partial charge in [0, 0.05) is 3.92 Å². The minimum Gasteiger partial charge on any atom is -0.490 e. The Bertz CT molecular complexity index is 985. The average molecular weight is 752 g/mol. The molecule has 0 fully saturated rings. The third-order valence-corrected chi connectivity index (χ3v) is 8.23. The van der Waals surface area contributed by atoms with E-state index >= 15 is 0 Å². The normalized spacial score (nSPS) is 15.6. The monoisotopic (exact) mass is 751 g/mol. The van der Waals surface area contributed by atoms with Crippen molar-refractivity contribution in [3.8, 4) is 5.75 Å². The highest BCUT2D eigenvalue weighted by Crippen LogP contribution is 2.45. The van der Waals surface area contributed by atoms with Gasteiger partial charge in [-0.25, -0.2) is 4.79 Å². The van der Waals surface area contributed by atoms with Gasteiger partial charge in [-0.2, -0.15) is 0 Å². The zero-order valence-electron chi connectivity index (χ0n) is 26.3. The Hall–Kier alpha value is -0.290. The maximum atomic E-state index is 13.3. The van der Waals surface area contributed by atoms with Gasteiger partial charge in [0.05, 0.1) is 27.9 Å². The molecule has 2 unspecified atom stereocenters. The third kappa shape index (κ3) is 12.7. The number of unbranched alkanes of at least 4 members (excludes halogenated alkanes) is 2. The molecule has 0 saturated carbocycles. The van der Waals surface area contributed by atoms with Crippen LogP contribution in [0.3, 0.4) is 0 Å². The molecule has 1 aromatic carbocycles. The summed E-state index contributed by atoms with van der Waals surface area (Å²) in [5.41, 5.74) is -3.08. The maximum absolute atomic E-state index is 13.3. The Balaban J connectivity index is 3.66. The van der Waals surface area contributed by atoms with E-state index in [0.29, 0.717) is 28.8 Å². The molecule has 0 spiro atoms. The van der Waals surface area contributed by atoms with Gasteiger partial charge in [-0.05, 0) is 99.8 Å². The lowest BCUT2D eigenvalue weighted by molar-refractivity contribution is -0.422. The van der Waals surface area contributed by atoms with E-state index in [1.807, 2.05) is 41.5 Å². The van der Waals surface area contributed by atoms with Gasteiger partial charge in [-0.1, -0.05) is 65.6 Å². The highest BCUT2D eigenvalue weighted by molar-refractivity contribution is 14.1. The second-order valence-corrected chi connectivity index (χ2v) is 15.9. The van der Waals surface area contributed by atoms with E-state index in [9.17, 15) is 9.36 Å². The summed E-state index contributed by atoms with van der Waals surface area (Å²) in [6.45, 7) is 20.6. The lowest BCUT2D eigenvalue weighted by Gasteiger charge is -2.52. The molecule has 1 aromatic rings. The predicted octanol–water partition coefficient (Wildman–Crippen LogP) is 9.16. The molecule has 3 atom stereocenters. The lowest BCUT2D eigenvalue weighted by Crippen LogP contribution is -2.72. The summed E-state index contributed by atoms with van der Waals surface area (Å²) in [7, 11) is -1.81. The van der Waals surface area contributed by atoms with Crippen molar-refractivity contribution in [3.63, 3.8) is 0 Å². The quantitative estimate of drug-likeness (QED) is 0.0667. The number of hydrogen-bond acceptors (Lipinski definition) is 7. The molecule has 0 saturated heterocycles. The number of rotatable bonds is 14. The number of alkyl halides is 1. The fourth-order valence-electron chi connectivity index (χ4n) is 3.94. The molecule has 0 aliphatic rings. The van der Waals surface area contributed by atoms with Gasteiger partial charge in [0.2, 0.25) is 0 Å². The summed E-state index contributed by atoms with van der Waals surface area (Å²) in [6, 6.07) is 3.58. The highest BCUT2D eigenvalue weighted by Gasteiger charge is 2.61. The van der Waals surface area contributed by atoms with E-state index in [1.54, 1.807) is 39.8 Å². The Morgan fingerprint density at radius 2 is 1.44 bits per heavy atom. The van der Waals surface area contributed by atoms with Crippen LogP contribution in [0.5, 0.6) is 5.75 Å². The molecule has 0 heterocycles. The van der Waals surface area contributed by atoms with Gasteiger partial charge < -0.3 is 24.3 Å². The van der Waals surface area contributed by atoms with Crippen LogP contribution in [0.15, 0.2) is 12.1 Å². The third-order valence-electron chi connectivity index (χ3n) is 5.57. The fourth-order valence-corrected chi connectivity index (χ4v) is 6.10. The van der Waals surface area contributed by atoms with Crippen molar-refractivity contribution in [1.82, 2.24) is 5.32 Å². The number of benzene rings is 1. The molecule has 0 aliphatic carbocycles. The number of ether oxygens (including phenoxy) is 4. The summed E-state index contributed by atoms with van der Waals surface area (Å²) in [6.07, 6.45) is 2.67. The largest absolute Gasteiger partial charge is 0.490 e. The van der Waals surface area contributed by atoms with Gasteiger partial charge in [0.15, 0.2) is 14.4 Å². The van der Waals surface area contributed by atoms with Crippen LogP contribution in [-0.2, 0) is 29.7 Å². The predicted molar refractivity (Wildman–Crippen MR) is 177 cm³/mol. The first-order chi connectivity index (χ1) is 18.6. The molecule has 1 amide bonds. The van der Waals surface area contributed by atoms with E-state index in [-0.39, 0.29) is 0 Å². The van der Waals surface area contributed by atoms with Crippen molar-refractivity contribution in [2.75, 3.05) is 6.61 Å². The summed E-state index contributed by atoms with van der Waals surface area (Å²) >= 11 is 15.4. The number of amides is 1. The minimum absolute atomic E-state index is 0.350. The smallest absolute Gasteiger partial charge is 0.408 e. The minimum atomic E-state index is -1.97. The van der Waals surface area contributed by atoms with Crippen molar-refractivity contribution in [2.24, 2.45) is 0 Å². The molecular formula is C29H49Cl2INO7P. The maximum Gasteiger partial charge on any atom is 0.408 e. The first kappa shape index (κ1) is 38.7. The molecule has 12 heteroatoms. The second kappa shape index (κ2) is 15.6. The highest BCUT2D eigenvalue weighted by atomic mass is 127. The molecule has 238 valence electrons. The van der Waals surface area contributed by atoms with Gasteiger partial charge in [0.25, 0.3) is 0 Å². The van der Waals surface area contributed by atoms with E-state index in [2.05, 4.69) is 34.8 Å². The van der Waals surface area contributed by atoms with Crippen molar-refractivity contribution < 1.29 is 32.8 Å². The molecular weight excluding hydrogens is 703 g/mol. The molecule has 0 aromatic heterocycles. The topological polar surface area (TPSA) is 92.3 Å². The summed E-state index contributed by atoms with van der Waals surface area (Å²) in [5.74, 6) is -1.54. The first-order valence-corrected chi connectivity index (χ1v) is 16.8. The van der Waals surface area contributed by atoms with Crippen LogP contribution in [0.2, 0.25) is 10.0 Å². The number of nitrogens with one attached hydrogen (secondary N) is 1. The van der Waals surface area contributed by atoms with Crippen molar-refractivity contribution in [2.45, 2.75) is 134 Å². The standard InChI is InChI=1S/C29H49Cl2INO7P/c1-12-13-14-15-36-23-20(30)16-19(17-21(23)31)18-22(32)28(11,33-24(34)37-25(2,3)4)29(40-41-35,38-26(5,6)7)39-27(8,9)10/h16-17,22H,12-15,18,41H2,1-11H3,(H,33,34)/t22?,28-/m0/s1. The molecule has 1 rings (SSSR count). The van der Waals surface area contributed by atoms with Crippen LogP contribution in [-0.4, -0.2) is 44.9 Å². The summed E-state index contributed by atoms with van der Waals surface area (Å²) in [5, 5.41) is 3.74. The number of carbonyl (C=O) groups is 1. The van der Waals surface area contributed by atoms with Gasteiger partial charge >= 0.3 is 12.1 Å². The number of alkyl carbamates (subject to hydrolysis) is 1. The zero-order chi connectivity index (χ0) is 31.9. The van der Waals surface area contributed by atoms with Crippen LogP contribution >= 0.6 is 54.5 Å². The van der Waals surface area contributed by atoms with Crippen LogP contribution < -0.4 is 10.1 Å². The Labute approximate surface area is 271 Å². The molecule has 8 nitrogen and oxygen atoms in total. The number of halogens is 3. The van der Waals surface area contributed by atoms with Gasteiger partial charge in [0.1, 0.15) is 11.1 Å². The molecule has 41 heavy (non-hydrogen) atoms. The average Bonchev–Trinajstić information content (AvgIpc) is 2.74. The second-order valence-electron chi connectivity index (χ2n) is 13.1. The first-order valence-electron chi connectivity index (χ1n) is 13.9. The number of carbonyl (C=O) groups excluding carboxylic acids is 1. The van der Waals surface area contributed by atoms with E-state index < -0.39 is 47.0 Å². The molecule has 0 radical (unpaired) electrons. The zero-order valence-corrected chi connectivity index (χ0v) is 31.2. The molecule has 1 N–H and O–H groups in total. The SMILES string of the molecule is CCCCCOc1c(Cl)cc(CC(I)[C@](C)(NC(=O)OC(C)(C)C)C(O[PH2]=O)(OC(C)(C)C)OC(C)(C)C)cc1Cl. The van der Waals surface area contributed by atoms with Crippen LogP contribution in [0.4, 0.5) is 4.79 Å². The van der Waals surface area contributed by atoms with Crippen molar-refractivity contribution in [3.05, 3.63) is 27.7 Å². The number of hydrogen-bond donors (Lipinski definition) is 1. The van der Waals surface area contributed by atoms with Gasteiger partial charge in [-0.3, -0.25) is 9.09 Å². The Morgan fingerprint density at radius 3 is 1.85 bits per heavy atom. The van der Waals surface area contributed by atoms with E-state index in [4.69, 9.17) is 46.7 Å². The lowest BCUT2D eigenvalue weighted by atomic mass is 9.89. The summed E-state index contributed by atoms with van der Waals surface area (Å²) < 4.78 is 42.0. The van der Waals surface area contributed by atoms with Crippen LogP contribution in [0.1, 0.15) is 101 Å². The van der Waals surface area contributed by atoms with E-state index in [0.717, 1.165) is 24.8 Å². The Kier molecular flexibility index (Phi) is 14.8. The van der Waals surface area contributed by atoms with Crippen LogP contribution in [0, 0.1) is 0 Å². The Morgan fingerprint density at radius 1 is 0.927 bits per heavy atom. The van der Waals surface area contributed by atoms with Crippen molar-refractivity contribution >= 4 is 60.6 Å². The van der Waals surface area contributed by atoms with Crippen molar-refractivity contribution in [1.29, 1.82) is 0 Å². The summed E-state index contributed by atoms with van der Waals surface area (Å²) in [4.78, 5) is 13.3. The van der Waals surface area contributed by atoms with Gasteiger partial charge in [-0.15, -0.1) is 0 Å². The molecule has 0 bridgehead atoms. The van der Waals surface area contributed by atoms with Crippen LogP contribution in [0.25, 0.3) is 0 Å². The fraction of sp³-hybridized carbons (Fsp3) is 0.759. The van der Waals surface area contributed by atoms with E-state index in [1.165, 1.54) is 0 Å².